The normalized spacial score (nSPS) is 13.4. The van der Waals surface area contributed by atoms with Crippen LogP contribution in [0.15, 0.2) is 10.5 Å². The topological polar surface area (TPSA) is 13.1 Å². The number of hydrogen-bond donors (Lipinski definition) is 0. The fourth-order valence-corrected chi connectivity index (χ4v) is 0.903. The van der Waals surface area contributed by atoms with Crippen LogP contribution >= 0.6 is 0 Å². The molecule has 0 amide bonds. The Morgan fingerprint density at radius 2 is 1.50 bits per heavy atom. The zero-order valence-electron chi connectivity index (χ0n) is 6.75. The Morgan fingerprint density at radius 3 is 1.71 bits per heavy atom. The molecule has 0 aromatic carbocycles. The van der Waals surface area contributed by atoms with Crippen molar-refractivity contribution >= 4 is 0 Å². The first-order valence-electron chi connectivity index (χ1n) is 3.37. The van der Waals surface area contributed by atoms with Crippen LogP contribution in [0.2, 0.25) is 0 Å². The molecule has 7 heteroatoms. The fraction of sp³-hybridized carbons (Fsp3) is 0.429. The maximum Gasteiger partial charge on any atom is 0.449 e. The van der Waals surface area contributed by atoms with Crippen molar-refractivity contribution in [2.45, 2.75) is 19.3 Å². The van der Waals surface area contributed by atoms with E-state index in [0.29, 0.717) is 0 Å². The van der Waals surface area contributed by atoms with Crippen LogP contribution in [0.25, 0.3) is 0 Å². The molecule has 0 atom stereocenters. The van der Waals surface area contributed by atoms with E-state index in [1.54, 1.807) is 0 Å². The lowest BCUT2D eigenvalue weighted by Crippen LogP contribution is -2.05. The van der Waals surface area contributed by atoms with E-state index in [1.165, 1.54) is 0 Å². The molecule has 1 rings (SSSR count). The maximum absolute atomic E-state index is 12.0. The van der Waals surface area contributed by atoms with Crippen LogP contribution in [0.1, 0.15) is 17.1 Å². The Kier molecular flexibility index (Phi) is 2.29. The molecule has 80 valence electrons. The van der Waals surface area contributed by atoms with Crippen molar-refractivity contribution in [3.05, 3.63) is 23.2 Å². The molecule has 0 saturated heterocycles. The van der Waals surface area contributed by atoms with E-state index in [2.05, 4.69) is 4.42 Å². The van der Waals surface area contributed by atoms with E-state index in [0.717, 1.165) is 6.92 Å². The molecule has 0 aliphatic heterocycles. The SMILES string of the molecule is Cc1oc(C(F)(F)F)cc1C(F)(F)F. The van der Waals surface area contributed by atoms with Crippen molar-refractivity contribution in [2.24, 2.45) is 0 Å². The summed E-state index contributed by atoms with van der Waals surface area (Å²) in [6.45, 7) is 0.831. The lowest BCUT2D eigenvalue weighted by atomic mass is 10.2. The number of halogens is 6. The van der Waals surface area contributed by atoms with Gasteiger partial charge in [-0.1, -0.05) is 0 Å². The second-order valence-electron chi connectivity index (χ2n) is 2.58. The van der Waals surface area contributed by atoms with E-state index in [1.807, 2.05) is 0 Å². The van der Waals surface area contributed by atoms with E-state index >= 15 is 0 Å². The number of furan rings is 1. The van der Waals surface area contributed by atoms with Crippen molar-refractivity contribution < 1.29 is 30.8 Å². The van der Waals surface area contributed by atoms with Crippen molar-refractivity contribution in [1.29, 1.82) is 0 Å². The van der Waals surface area contributed by atoms with Gasteiger partial charge >= 0.3 is 12.4 Å². The van der Waals surface area contributed by atoms with Crippen molar-refractivity contribution in [1.82, 2.24) is 0 Å². The van der Waals surface area contributed by atoms with Crippen LogP contribution in [-0.2, 0) is 12.4 Å². The van der Waals surface area contributed by atoms with Gasteiger partial charge < -0.3 is 4.42 Å². The summed E-state index contributed by atoms with van der Waals surface area (Å²) in [6, 6.07) is -0.0463. The molecule has 0 N–H and O–H groups in total. The molecule has 0 aliphatic carbocycles. The predicted octanol–water partition coefficient (Wildman–Crippen LogP) is 3.63. The van der Waals surface area contributed by atoms with Crippen molar-refractivity contribution in [3.63, 3.8) is 0 Å². The van der Waals surface area contributed by atoms with Gasteiger partial charge in [0, 0.05) is 6.07 Å². The van der Waals surface area contributed by atoms with Crippen LogP contribution in [0, 0.1) is 6.92 Å². The Morgan fingerprint density at radius 1 is 1.00 bits per heavy atom. The Labute approximate surface area is 74.3 Å². The molecule has 1 aromatic heterocycles. The van der Waals surface area contributed by atoms with Crippen LogP contribution in [0.3, 0.4) is 0 Å². The molecular formula is C7H4F6O. The van der Waals surface area contributed by atoms with Crippen LogP contribution in [-0.4, -0.2) is 0 Å². The molecular weight excluding hydrogens is 214 g/mol. The highest BCUT2D eigenvalue weighted by Gasteiger charge is 2.41. The third-order valence-corrected chi connectivity index (χ3v) is 1.50. The molecule has 0 aliphatic rings. The summed E-state index contributed by atoms with van der Waals surface area (Å²) in [5.74, 6) is -2.42. The zero-order chi connectivity index (χ0) is 11.1. The minimum absolute atomic E-state index is 0.0463. The van der Waals surface area contributed by atoms with Crippen molar-refractivity contribution in [3.8, 4) is 0 Å². The highest BCUT2D eigenvalue weighted by molar-refractivity contribution is 5.25. The summed E-state index contributed by atoms with van der Waals surface area (Å²) in [4.78, 5) is 0. The summed E-state index contributed by atoms with van der Waals surface area (Å²) in [5, 5.41) is 0. The molecule has 1 nitrogen and oxygen atoms in total. The summed E-state index contributed by atoms with van der Waals surface area (Å²) >= 11 is 0. The molecule has 0 bridgehead atoms. The number of rotatable bonds is 0. The van der Waals surface area contributed by atoms with E-state index in [-0.39, 0.29) is 6.07 Å². The second kappa shape index (κ2) is 2.93. The van der Waals surface area contributed by atoms with Gasteiger partial charge in [0.1, 0.15) is 5.76 Å². The van der Waals surface area contributed by atoms with Gasteiger partial charge in [0.25, 0.3) is 0 Å². The second-order valence-corrected chi connectivity index (χ2v) is 2.58. The third-order valence-electron chi connectivity index (χ3n) is 1.50. The van der Waals surface area contributed by atoms with Gasteiger partial charge in [-0.2, -0.15) is 26.3 Å². The Balaban J connectivity index is 3.19. The Bertz CT molecular complexity index is 331. The van der Waals surface area contributed by atoms with E-state index in [4.69, 9.17) is 0 Å². The van der Waals surface area contributed by atoms with Crippen LogP contribution in [0.4, 0.5) is 26.3 Å². The minimum atomic E-state index is -4.89. The van der Waals surface area contributed by atoms with E-state index in [9.17, 15) is 26.3 Å². The van der Waals surface area contributed by atoms with Gasteiger partial charge in [0.15, 0.2) is 0 Å². The summed E-state index contributed by atoms with van der Waals surface area (Å²) in [6.07, 6.45) is -9.72. The van der Waals surface area contributed by atoms with Crippen LogP contribution in [0.5, 0.6) is 0 Å². The molecule has 1 heterocycles. The first kappa shape index (κ1) is 10.9. The predicted molar refractivity (Wildman–Crippen MR) is 33.4 cm³/mol. The molecule has 1 aromatic rings. The fourth-order valence-electron chi connectivity index (χ4n) is 0.903. The number of aryl methyl sites for hydroxylation is 1. The van der Waals surface area contributed by atoms with Gasteiger partial charge in [0.2, 0.25) is 5.76 Å². The lowest BCUT2D eigenvalue weighted by Gasteiger charge is -2.02. The third kappa shape index (κ3) is 2.02. The summed E-state index contributed by atoms with van der Waals surface area (Å²) in [5.41, 5.74) is -1.40. The summed E-state index contributed by atoms with van der Waals surface area (Å²) in [7, 11) is 0. The van der Waals surface area contributed by atoms with Gasteiger partial charge in [-0.3, -0.25) is 0 Å². The number of hydrogen-bond acceptors (Lipinski definition) is 1. The molecule has 0 saturated carbocycles. The highest BCUT2D eigenvalue weighted by Crippen LogP contribution is 2.38. The number of alkyl halides is 6. The largest absolute Gasteiger partial charge is 0.456 e. The van der Waals surface area contributed by atoms with Gasteiger partial charge in [-0.25, -0.2) is 0 Å². The quantitative estimate of drug-likeness (QED) is 0.606. The molecule has 14 heavy (non-hydrogen) atoms. The van der Waals surface area contributed by atoms with Crippen molar-refractivity contribution in [2.75, 3.05) is 0 Å². The van der Waals surface area contributed by atoms with E-state index < -0.39 is 29.4 Å². The summed E-state index contributed by atoms with van der Waals surface area (Å²) < 4.78 is 75.8. The minimum Gasteiger partial charge on any atom is -0.456 e. The van der Waals surface area contributed by atoms with Gasteiger partial charge in [0.05, 0.1) is 5.56 Å². The first-order valence-corrected chi connectivity index (χ1v) is 3.37. The first-order chi connectivity index (χ1) is 6.12. The monoisotopic (exact) mass is 218 g/mol. The van der Waals surface area contributed by atoms with Gasteiger partial charge in [-0.05, 0) is 6.92 Å². The molecule has 0 radical (unpaired) electrons. The lowest BCUT2D eigenvalue weighted by molar-refractivity contribution is -0.153. The molecule has 0 fully saturated rings. The van der Waals surface area contributed by atoms with Crippen LogP contribution < -0.4 is 0 Å². The smallest absolute Gasteiger partial charge is 0.449 e. The zero-order valence-corrected chi connectivity index (χ0v) is 6.75. The average molecular weight is 218 g/mol. The average Bonchev–Trinajstić information content (AvgIpc) is 2.27. The maximum atomic E-state index is 12.0. The highest BCUT2D eigenvalue weighted by atomic mass is 19.4. The molecule has 0 spiro atoms. The standard InChI is InChI=1S/C7H4F6O/c1-3-4(6(8,9)10)2-5(14-3)7(11,12)13/h2H,1H3. The molecule has 0 unspecified atom stereocenters. The van der Waals surface area contributed by atoms with Gasteiger partial charge in [-0.15, -0.1) is 0 Å². The Hall–Kier alpha value is -1.14.